The highest BCUT2D eigenvalue weighted by molar-refractivity contribution is 5.29. The summed E-state index contributed by atoms with van der Waals surface area (Å²) >= 11 is 0. The lowest BCUT2D eigenvalue weighted by molar-refractivity contribution is 0.182. The van der Waals surface area contributed by atoms with Gasteiger partial charge in [-0.2, -0.15) is 0 Å². The Kier molecular flexibility index (Phi) is 4.58. The molecule has 0 aliphatic heterocycles. The molecule has 0 radical (unpaired) electrons. The Labute approximate surface area is 121 Å². The van der Waals surface area contributed by atoms with Gasteiger partial charge in [0, 0.05) is 19.1 Å². The summed E-state index contributed by atoms with van der Waals surface area (Å²) in [5.41, 5.74) is 1.29. The first-order valence-electron chi connectivity index (χ1n) is 7.95. The number of nitrogens with zero attached hydrogens (tertiary/aromatic N) is 1. The Morgan fingerprint density at radius 1 is 1.15 bits per heavy atom. The van der Waals surface area contributed by atoms with E-state index in [4.69, 9.17) is 9.84 Å². The van der Waals surface area contributed by atoms with Gasteiger partial charge in [0.05, 0.1) is 12.7 Å². The topological polar surface area (TPSA) is 32.7 Å². The van der Waals surface area contributed by atoms with E-state index in [0.29, 0.717) is 12.1 Å². The maximum atomic E-state index is 9.17. The van der Waals surface area contributed by atoms with Gasteiger partial charge >= 0.3 is 0 Å². The van der Waals surface area contributed by atoms with E-state index in [1.807, 2.05) is 0 Å². The molecule has 0 aromatic heterocycles. The number of benzene rings is 1. The van der Waals surface area contributed by atoms with Crippen LogP contribution in [-0.2, 0) is 6.54 Å². The predicted octanol–water partition coefficient (Wildman–Crippen LogP) is 2.96. The van der Waals surface area contributed by atoms with Gasteiger partial charge in [-0.15, -0.1) is 0 Å². The molecule has 0 bridgehead atoms. The molecule has 2 saturated carbocycles. The first-order chi connectivity index (χ1) is 9.85. The average Bonchev–Trinajstić information content (AvgIpc) is 3.18. The van der Waals surface area contributed by atoms with Gasteiger partial charge in [0.25, 0.3) is 0 Å². The minimum atomic E-state index is 0.245. The van der Waals surface area contributed by atoms with Gasteiger partial charge in [0.15, 0.2) is 0 Å². The highest BCUT2D eigenvalue weighted by Crippen LogP contribution is 2.29. The van der Waals surface area contributed by atoms with Crippen LogP contribution in [0.3, 0.4) is 0 Å². The van der Waals surface area contributed by atoms with Crippen LogP contribution in [0.4, 0.5) is 0 Å². The zero-order chi connectivity index (χ0) is 13.8. The molecule has 3 heteroatoms. The van der Waals surface area contributed by atoms with Gasteiger partial charge in [-0.3, -0.25) is 4.90 Å². The van der Waals surface area contributed by atoms with E-state index >= 15 is 0 Å². The number of hydrogen-bond donors (Lipinski definition) is 1. The SMILES string of the molecule is OCCN(Cc1cccc(OC2CCCC2)c1)C1CC1. The Bertz CT molecular complexity index is 425. The molecule has 0 unspecified atom stereocenters. The van der Waals surface area contributed by atoms with Crippen molar-refractivity contribution in [2.75, 3.05) is 13.2 Å². The van der Waals surface area contributed by atoms with E-state index in [0.717, 1.165) is 18.8 Å². The molecule has 0 atom stereocenters. The fourth-order valence-electron chi connectivity index (χ4n) is 3.11. The summed E-state index contributed by atoms with van der Waals surface area (Å²) in [7, 11) is 0. The van der Waals surface area contributed by atoms with Crippen molar-refractivity contribution in [3.05, 3.63) is 29.8 Å². The van der Waals surface area contributed by atoms with Crippen molar-refractivity contribution >= 4 is 0 Å². The van der Waals surface area contributed by atoms with Gasteiger partial charge < -0.3 is 9.84 Å². The summed E-state index contributed by atoms with van der Waals surface area (Å²) < 4.78 is 6.07. The smallest absolute Gasteiger partial charge is 0.120 e. The largest absolute Gasteiger partial charge is 0.490 e. The third-order valence-corrected chi connectivity index (χ3v) is 4.34. The molecule has 2 aliphatic carbocycles. The van der Waals surface area contributed by atoms with Crippen molar-refractivity contribution in [1.29, 1.82) is 0 Å². The van der Waals surface area contributed by atoms with Crippen molar-refractivity contribution in [1.82, 2.24) is 4.90 Å². The zero-order valence-corrected chi connectivity index (χ0v) is 12.1. The summed E-state index contributed by atoms with van der Waals surface area (Å²) in [6, 6.07) is 9.17. The van der Waals surface area contributed by atoms with Gasteiger partial charge in [-0.05, 0) is 56.2 Å². The lowest BCUT2D eigenvalue weighted by Crippen LogP contribution is -2.28. The highest BCUT2D eigenvalue weighted by atomic mass is 16.5. The van der Waals surface area contributed by atoms with Crippen LogP contribution in [0.15, 0.2) is 24.3 Å². The monoisotopic (exact) mass is 275 g/mol. The van der Waals surface area contributed by atoms with Crippen LogP contribution < -0.4 is 4.74 Å². The number of aliphatic hydroxyl groups excluding tert-OH is 1. The Morgan fingerprint density at radius 2 is 1.95 bits per heavy atom. The van der Waals surface area contributed by atoms with Crippen LogP contribution in [0.25, 0.3) is 0 Å². The second-order valence-corrected chi connectivity index (χ2v) is 6.10. The van der Waals surface area contributed by atoms with Crippen molar-refractivity contribution in [2.24, 2.45) is 0 Å². The third-order valence-electron chi connectivity index (χ3n) is 4.34. The standard InChI is InChI=1S/C17H25NO2/c19-11-10-18(15-8-9-15)13-14-4-3-7-17(12-14)20-16-5-1-2-6-16/h3-4,7,12,15-16,19H,1-2,5-6,8-11,13H2. The molecule has 3 rings (SSSR count). The normalized spacial score (nSPS) is 19.7. The minimum absolute atomic E-state index is 0.245. The summed E-state index contributed by atoms with van der Waals surface area (Å²) in [5.74, 6) is 1.01. The fourth-order valence-corrected chi connectivity index (χ4v) is 3.11. The lowest BCUT2D eigenvalue weighted by atomic mass is 10.2. The van der Waals surface area contributed by atoms with Crippen LogP contribution in [-0.4, -0.2) is 35.3 Å². The van der Waals surface area contributed by atoms with E-state index in [9.17, 15) is 0 Å². The summed E-state index contributed by atoms with van der Waals surface area (Å²) in [6.45, 7) is 1.94. The summed E-state index contributed by atoms with van der Waals surface area (Å²) in [4.78, 5) is 2.38. The first-order valence-corrected chi connectivity index (χ1v) is 7.95. The molecule has 3 nitrogen and oxygen atoms in total. The van der Waals surface area contributed by atoms with Crippen molar-refractivity contribution in [3.8, 4) is 5.75 Å². The number of rotatable bonds is 7. The van der Waals surface area contributed by atoms with Crippen LogP contribution in [0.5, 0.6) is 5.75 Å². The quantitative estimate of drug-likeness (QED) is 0.830. The summed E-state index contributed by atoms with van der Waals surface area (Å²) in [5, 5.41) is 9.17. The van der Waals surface area contributed by atoms with E-state index in [1.165, 1.54) is 44.1 Å². The van der Waals surface area contributed by atoms with Crippen molar-refractivity contribution < 1.29 is 9.84 Å². The highest BCUT2D eigenvalue weighted by Gasteiger charge is 2.28. The number of ether oxygens (including phenoxy) is 1. The molecule has 0 heterocycles. The van der Waals surface area contributed by atoms with Gasteiger partial charge in [-0.1, -0.05) is 12.1 Å². The molecule has 20 heavy (non-hydrogen) atoms. The Morgan fingerprint density at radius 3 is 2.65 bits per heavy atom. The summed E-state index contributed by atoms with van der Waals surface area (Å²) in [6.07, 6.45) is 7.97. The molecular weight excluding hydrogens is 250 g/mol. The molecule has 2 fully saturated rings. The maximum Gasteiger partial charge on any atom is 0.120 e. The average molecular weight is 275 g/mol. The van der Waals surface area contributed by atoms with Gasteiger partial charge in [-0.25, -0.2) is 0 Å². The minimum Gasteiger partial charge on any atom is -0.490 e. The van der Waals surface area contributed by atoms with Gasteiger partial charge in [0.2, 0.25) is 0 Å². The van der Waals surface area contributed by atoms with E-state index in [2.05, 4.69) is 29.2 Å². The van der Waals surface area contributed by atoms with Crippen LogP contribution in [0, 0.1) is 0 Å². The molecule has 1 aromatic rings. The third kappa shape index (κ3) is 3.74. The molecule has 0 saturated heterocycles. The molecule has 0 spiro atoms. The van der Waals surface area contributed by atoms with E-state index < -0.39 is 0 Å². The molecule has 0 amide bonds. The molecular formula is C17H25NO2. The molecule has 110 valence electrons. The second-order valence-electron chi connectivity index (χ2n) is 6.10. The van der Waals surface area contributed by atoms with E-state index in [-0.39, 0.29) is 6.61 Å². The molecule has 1 aromatic carbocycles. The number of hydrogen-bond acceptors (Lipinski definition) is 3. The van der Waals surface area contributed by atoms with Gasteiger partial charge in [0.1, 0.15) is 5.75 Å². The number of aliphatic hydroxyl groups is 1. The predicted molar refractivity (Wildman–Crippen MR) is 79.8 cm³/mol. The molecule has 2 aliphatic rings. The molecule has 1 N–H and O–H groups in total. The fraction of sp³-hybridized carbons (Fsp3) is 0.647. The zero-order valence-electron chi connectivity index (χ0n) is 12.1. The maximum absolute atomic E-state index is 9.17. The second kappa shape index (κ2) is 6.59. The Hall–Kier alpha value is -1.06. The van der Waals surface area contributed by atoms with Crippen molar-refractivity contribution in [2.45, 2.75) is 57.2 Å². The lowest BCUT2D eigenvalue weighted by Gasteiger charge is -2.21. The Balaban J connectivity index is 1.60. The first kappa shape index (κ1) is 13.9. The van der Waals surface area contributed by atoms with E-state index in [1.54, 1.807) is 0 Å². The van der Waals surface area contributed by atoms with Crippen LogP contribution in [0.2, 0.25) is 0 Å². The van der Waals surface area contributed by atoms with Crippen LogP contribution in [0.1, 0.15) is 44.1 Å². The van der Waals surface area contributed by atoms with Crippen molar-refractivity contribution in [3.63, 3.8) is 0 Å². The van der Waals surface area contributed by atoms with Crippen LogP contribution >= 0.6 is 0 Å².